The van der Waals surface area contributed by atoms with Crippen LogP contribution in [0.25, 0.3) is 0 Å². The predicted molar refractivity (Wildman–Crippen MR) is 142 cm³/mol. The van der Waals surface area contributed by atoms with Gasteiger partial charge in [-0.2, -0.15) is 0 Å². The normalized spacial score (nSPS) is 19.4. The van der Waals surface area contributed by atoms with E-state index in [9.17, 15) is 13.2 Å². The maximum absolute atomic E-state index is 13.2. The Morgan fingerprint density at radius 1 is 0.971 bits per heavy atom. The van der Waals surface area contributed by atoms with Crippen LogP contribution in [0, 0.1) is 0 Å². The van der Waals surface area contributed by atoms with Gasteiger partial charge < -0.3 is 9.80 Å². The van der Waals surface area contributed by atoms with Gasteiger partial charge in [0.1, 0.15) is 0 Å². The van der Waals surface area contributed by atoms with Crippen molar-refractivity contribution in [1.29, 1.82) is 0 Å². The third-order valence-electron chi connectivity index (χ3n) is 6.26. The largest absolute Gasteiger partial charge is 0.369 e. The Kier molecular flexibility index (Phi) is 6.91. The number of carbonyl (C=O) groups is 1. The van der Waals surface area contributed by atoms with Crippen molar-refractivity contribution < 1.29 is 14.6 Å². The number of sulfonamides is 1. The summed E-state index contributed by atoms with van der Waals surface area (Å²) in [7, 11) is -3.73. The minimum Gasteiger partial charge on any atom is -0.369 e. The summed E-state index contributed by atoms with van der Waals surface area (Å²) >= 11 is 13.5. The number of anilines is 3. The second-order valence-electron chi connectivity index (χ2n) is 8.38. The summed E-state index contributed by atoms with van der Waals surface area (Å²) in [5.41, 5.74) is 1.68. The van der Waals surface area contributed by atoms with Crippen molar-refractivity contribution in [2.24, 2.45) is 0 Å². The molecule has 1 aromatic heterocycles. The van der Waals surface area contributed by atoms with Gasteiger partial charge >= 0.3 is 0 Å². The maximum Gasteiger partial charge on any atom is 0.263 e. The minimum atomic E-state index is -3.73. The number of rotatable bonds is 6. The molecule has 0 spiro atoms. The molecule has 12 heteroatoms. The predicted octanol–water partition coefficient (Wildman–Crippen LogP) is 4.42. The van der Waals surface area contributed by atoms with Gasteiger partial charge in [-0.1, -0.05) is 23.2 Å². The monoisotopic (exact) mass is 553 g/mol. The molecule has 2 saturated heterocycles. The standard InChI is InChI=1S/C23H23Cl2N5O3S2.H2/c24-16-13-17(25)15-19(14-16)28-8-10-29(11-9-28)21-5-7-30(22(21)31)18-1-3-20(4-2-18)35(32,33)27-23-26-6-12-34-23;/h1-4,6,12-15,21H,5,7-11H2,(H,26,27);1H/t21-;/m0./s1. The highest BCUT2D eigenvalue weighted by molar-refractivity contribution is 7.93. The van der Waals surface area contributed by atoms with Gasteiger partial charge in [0.25, 0.3) is 10.0 Å². The molecule has 3 aromatic rings. The number of hydrogen-bond donors (Lipinski definition) is 1. The smallest absolute Gasteiger partial charge is 0.263 e. The number of hydrogen-bond acceptors (Lipinski definition) is 7. The first-order valence-corrected chi connectivity index (χ1v) is 14.2. The minimum absolute atomic E-state index is 0. The molecule has 186 valence electrons. The molecule has 2 aliphatic heterocycles. The van der Waals surface area contributed by atoms with Crippen LogP contribution in [0.2, 0.25) is 10.0 Å². The van der Waals surface area contributed by atoms with E-state index >= 15 is 0 Å². The molecule has 35 heavy (non-hydrogen) atoms. The average Bonchev–Trinajstić information content (AvgIpc) is 3.48. The van der Waals surface area contributed by atoms with Crippen molar-refractivity contribution in [2.75, 3.05) is 47.2 Å². The quantitative estimate of drug-likeness (QED) is 0.486. The molecule has 0 saturated carbocycles. The summed E-state index contributed by atoms with van der Waals surface area (Å²) in [6.07, 6.45) is 2.27. The SMILES string of the molecule is O=C1[C@@H](N2CCN(c3cc(Cl)cc(Cl)c3)CC2)CCN1c1ccc(S(=O)(=O)Nc2nccs2)cc1.[HH]. The molecule has 8 nitrogen and oxygen atoms in total. The number of carbonyl (C=O) groups excluding carboxylic acids is 1. The van der Waals surface area contributed by atoms with Crippen molar-refractivity contribution in [3.8, 4) is 0 Å². The van der Waals surface area contributed by atoms with Crippen LogP contribution in [0.1, 0.15) is 7.85 Å². The highest BCUT2D eigenvalue weighted by Crippen LogP contribution is 2.29. The lowest BCUT2D eigenvalue weighted by molar-refractivity contribution is -0.121. The van der Waals surface area contributed by atoms with Gasteiger partial charge in [-0.3, -0.25) is 14.4 Å². The molecule has 2 aromatic carbocycles. The van der Waals surface area contributed by atoms with E-state index in [2.05, 4.69) is 19.5 Å². The van der Waals surface area contributed by atoms with Crippen LogP contribution in [0.5, 0.6) is 0 Å². The van der Waals surface area contributed by atoms with Crippen LogP contribution < -0.4 is 14.5 Å². The molecule has 1 amide bonds. The summed E-state index contributed by atoms with van der Waals surface area (Å²) in [6.45, 7) is 3.66. The van der Waals surface area contributed by atoms with E-state index in [1.807, 2.05) is 12.1 Å². The average molecular weight is 555 g/mol. The van der Waals surface area contributed by atoms with Crippen LogP contribution in [-0.4, -0.2) is 63.0 Å². The summed E-state index contributed by atoms with van der Waals surface area (Å²) in [5.74, 6) is 0.0424. The number of piperazine rings is 1. The molecule has 2 fully saturated rings. The number of thiazole rings is 1. The van der Waals surface area contributed by atoms with Gasteiger partial charge in [0.05, 0.1) is 10.9 Å². The Hall–Kier alpha value is -2.37. The molecule has 2 aliphatic rings. The molecular weight excluding hydrogens is 529 g/mol. The lowest BCUT2D eigenvalue weighted by Crippen LogP contribution is -2.52. The molecule has 0 unspecified atom stereocenters. The van der Waals surface area contributed by atoms with E-state index in [1.54, 1.807) is 28.5 Å². The van der Waals surface area contributed by atoms with E-state index in [1.165, 1.54) is 29.7 Å². The summed E-state index contributed by atoms with van der Waals surface area (Å²) < 4.78 is 27.6. The number of benzene rings is 2. The fourth-order valence-corrected chi connectivity index (χ4v) is 6.83. The third kappa shape index (κ3) is 5.26. The molecular formula is C23H25Cl2N5O3S2. The fraction of sp³-hybridized carbons (Fsp3) is 0.304. The van der Waals surface area contributed by atoms with Crippen molar-refractivity contribution in [2.45, 2.75) is 17.4 Å². The lowest BCUT2D eigenvalue weighted by Gasteiger charge is -2.38. The van der Waals surface area contributed by atoms with Crippen LogP contribution in [-0.2, 0) is 14.8 Å². The van der Waals surface area contributed by atoms with Crippen molar-refractivity contribution in [1.82, 2.24) is 9.88 Å². The molecule has 0 radical (unpaired) electrons. The van der Waals surface area contributed by atoms with Crippen LogP contribution in [0.4, 0.5) is 16.5 Å². The molecule has 3 heterocycles. The molecule has 1 N–H and O–H groups in total. The molecule has 5 rings (SSSR count). The number of nitrogens with zero attached hydrogens (tertiary/aromatic N) is 4. The Morgan fingerprint density at radius 2 is 1.66 bits per heavy atom. The van der Waals surface area contributed by atoms with E-state index in [4.69, 9.17) is 23.2 Å². The zero-order valence-electron chi connectivity index (χ0n) is 18.6. The molecule has 0 bridgehead atoms. The summed E-state index contributed by atoms with van der Waals surface area (Å²) in [4.78, 5) is 23.5. The van der Waals surface area contributed by atoms with Gasteiger partial charge in [0, 0.05) is 67.1 Å². The Balaban J connectivity index is 0.00000304. The first-order chi connectivity index (χ1) is 16.8. The van der Waals surface area contributed by atoms with Gasteiger partial charge in [-0.25, -0.2) is 13.4 Å². The number of amides is 1. The first kappa shape index (κ1) is 24.3. The number of aromatic nitrogens is 1. The van der Waals surface area contributed by atoms with E-state index in [0.717, 1.165) is 38.3 Å². The Labute approximate surface area is 219 Å². The van der Waals surface area contributed by atoms with Crippen molar-refractivity contribution in [3.05, 3.63) is 64.1 Å². The number of nitrogens with one attached hydrogen (secondary N) is 1. The van der Waals surface area contributed by atoms with Gasteiger partial charge in [-0.05, 0) is 48.9 Å². The molecule has 0 aliphatic carbocycles. The Morgan fingerprint density at radius 3 is 2.29 bits per heavy atom. The van der Waals surface area contributed by atoms with E-state index in [0.29, 0.717) is 27.4 Å². The third-order valence-corrected chi connectivity index (χ3v) is 8.87. The van der Waals surface area contributed by atoms with Gasteiger partial charge in [0.15, 0.2) is 5.13 Å². The second kappa shape index (κ2) is 9.94. The summed E-state index contributed by atoms with van der Waals surface area (Å²) in [6, 6.07) is 11.7. The topological polar surface area (TPSA) is 85.9 Å². The van der Waals surface area contributed by atoms with E-state index < -0.39 is 10.0 Å². The van der Waals surface area contributed by atoms with Crippen molar-refractivity contribution >= 4 is 67.0 Å². The first-order valence-electron chi connectivity index (χ1n) is 11.1. The van der Waals surface area contributed by atoms with Crippen LogP contribution in [0.15, 0.2) is 58.9 Å². The van der Waals surface area contributed by atoms with Crippen LogP contribution in [0.3, 0.4) is 0 Å². The summed E-state index contributed by atoms with van der Waals surface area (Å²) in [5, 5.41) is 3.22. The zero-order valence-corrected chi connectivity index (χ0v) is 21.7. The number of halogens is 2. The van der Waals surface area contributed by atoms with Gasteiger partial charge in [-0.15, -0.1) is 11.3 Å². The maximum atomic E-state index is 13.2. The Bertz CT molecular complexity index is 1300. The van der Waals surface area contributed by atoms with Crippen molar-refractivity contribution in [3.63, 3.8) is 0 Å². The fourth-order valence-electron chi connectivity index (χ4n) is 4.53. The zero-order chi connectivity index (χ0) is 24.6. The second-order valence-corrected chi connectivity index (χ2v) is 11.8. The van der Waals surface area contributed by atoms with E-state index in [-0.39, 0.29) is 18.3 Å². The lowest BCUT2D eigenvalue weighted by atomic mass is 10.1. The van der Waals surface area contributed by atoms with Crippen LogP contribution >= 0.6 is 34.5 Å². The highest BCUT2D eigenvalue weighted by atomic mass is 35.5. The molecule has 1 atom stereocenters. The van der Waals surface area contributed by atoms with Gasteiger partial charge in [0.2, 0.25) is 5.91 Å². The highest BCUT2D eigenvalue weighted by Gasteiger charge is 2.38.